The van der Waals surface area contributed by atoms with E-state index in [-0.39, 0.29) is 12.6 Å². The summed E-state index contributed by atoms with van der Waals surface area (Å²) in [6, 6.07) is 0.885. The average Bonchev–Trinajstić information content (AvgIpc) is 2.46. The Morgan fingerprint density at radius 3 is 2.62 bits per heavy atom. The van der Waals surface area contributed by atoms with Crippen LogP contribution in [0.15, 0.2) is 0 Å². The van der Waals surface area contributed by atoms with Crippen LogP contribution in [0.4, 0.5) is 0 Å². The van der Waals surface area contributed by atoms with E-state index < -0.39 is 0 Å². The van der Waals surface area contributed by atoms with Crippen molar-refractivity contribution in [2.45, 2.75) is 44.5 Å². The van der Waals surface area contributed by atoms with Gasteiger partial charge >= 0.3 is 0 Å². The molecule has 13 heavy (non-hydrogen) atoms. The maximum atomic E-state index is 9.15. The van der Waals surface area contributed by atoms with E-state index in [4.69, 9.17) is 5.11 Å². The van der Waals surface area contributed by atoms with Gasteiger partial charge < -0.3 is 10.4 Å². The largest absolute Gasteiger partial charge is 0.395 e. The number of hydrogen-bond acceptors (Lipinski definition) is 3. The Morgan fingerprint density at radius 2 is 2.23 bits per heavy atom. The number of aliphatic hydroxyl groups is 1. The molecule has 2 nitrogen and oxygen atoms in total. The van der Waals surface area contributed by atoms with E-state index in [1.807, 2.05) is 11.8 Å². The fourth-order valence-corrected chi connectivity index (χ4v) is 2.85. The number of nitrogens with one attached hydrogen (secondary N) is 1. The lowest BCUT2D eigenvalue weighted by Crippen LogP contribution is -2.43. The maximum absolute atomic E-state index is 9.15. The minimum Gasteiger partial charge on any atom is -0.395 e. The molecule has 0 saturated carbocycles. The van der Waals surface area contributed by atoms with Gasteiger partial charge in [-0.1, -0.05) is 20.8 Å². The number of hydrogen-bond donors (Lipinski definition) is 2. The summed E-state index contributed by atoms with van der Waals surface area (Å²) in [6.07, 6.45) is 1.24. The number of rotatable bonds is 4. The van der Waals surface area contributed by atoms with E-state index >= 15 is 0 Å². The van der Waals surface area contributed by atoms with Crippen molar-refractivity contribution in [2.24, 2.45) is 5.92 Å². The molecule has 0 spiro atoms. The van der Waals surface area contributed by atoms with Crippen LogP contribution in [0.2, 0.25) is 0 Å². The minimum absolute atomic E-state index is 0.257. The van der Waals surface area contributed by atoms with Crippen molar-refractivity contribution >= 4 is 11.8 Å². The molecule has 0 aromatic rings. The van der Waals surface area contributed by atoms with Crippen LogP contribution in [-0.4, -0.2) is 34.8 Å². The van der Waals surface area contributed by atoms with Gasteiger partial charge in [0.15, 0.2) is 0 Å². The lowest BCUT2D eigenvalue weighted by molar-refractivity contribution is 0.201. The zero-order valence-corrected chi connectivity index (χ0v) is 9.60. The van der Waals surface area contributed by atoms with Crippen LogP contribution in [0, 0.1) is 5.92 Å². The summed E-state index contributed by atoms with van der Waals surface area (Å²) in [6.45, 7) is 6.84. The van der Waals surface area contributed by atoms with Crippen LogP contribution in [0.25, 0.3) is 0 Å². The molecule has 0 aromatic heterocycles. The lowest BCUT2D eigenvalue weighted by atomic mass is 10.0. The highest BCUT2D eigenvalue weighted by Crippen LogP contribution is 2.26. The maximum Gasteiger partial charge on any atom is 0.0587 e. The van der Waals surface area contributed by atoms with Gasteiger partial charge in [0.05, 0.1) is 6.61 Å². The first-order valence-corrected chi connectivity index (χ1v) is 6.17. The summed E-state index contributed by atoms with van der Waals surface area (Å²) in [5.41, 5.74) is 0. The molecule has 0 bridgehead atoms. The number of thioether (sulfide) groups is 1. The molecule has 3 atom stereocenters. The summed E-state index contributed by atoms with van der Waals surface area (Å²) < 4.78 is 0. The van der Waals surface area contributed by atoms with E-state index in [2.05, 4.69) is 26.1 Å². The molecule has 0 aromatic carbocycles. The second kappa shape index (κ2) is 5.23. The highest BCUT2D eigenvalue weighted by atomic mass is 32.2. The summed E-state index contributed by atoms with van der Waals surface area (Å²) in [4.78, 5) is 0. The van der Waals surface area contributed by atoms with Crippen molar-refractivity contribution in [3.63, 3.8) is 0 Å². The third-order valence-electron chi connectivity index (χ3n) is 2.65. The molecule has 2 N–H and O–H groups in total. The first-order chi connectivity index (χ1) is 6.13. The Balaban J connectivity index is 2.30. The van der Waals surface area contributed by atoms with Crippen molar-refractivity contribution in [3.8, 4) is 0 Å². The Bertz CT molecular complexity index is 152. The predicted octanol–water partition coefficient (Wildman–Crippen LogP) is 1.49. The smallest absolute Gasteiger partial charge is 0.0587 e. The molecule has 1 heterocycles. The van der Waals surface area contributed by atoms with Crippen molar-refractivity contribution in [1.29, 1.82) is 0 Å². The van der Waals surface area contributed by atoms with E-state index in [0.717, 1.165) is 5.25 Å². The highest BCUT2D eigenvalue weighted by Gasteiger charge is 2.24. The van der Waals surface area contributed by atoms with Crippen LogP contribution >= 0.6 is 11.8 Å². The molecule has 0 radical (unpaired) electrons. The normalized spacial score (nSPS) is 31.2. The molecule has 1 aliphatic heterocycles. The molecule has 78 valence electrons. The minimum atomic E-state index is 0.257. The SMILES string of the molecule is CC1CC(NC(CO)C(C)C)CS1. The molecule has 1 fully saturated rings. The molecule has 0 aliphatic carbocycles. The van der Waals surface area contributed by atoms with Crippen LogP contribution in [-0.2, 0) is 0 Å². The van der Waals surface area contributed by atoms with Gasteiger partial charge in [0, 0.05) is 23.1 Å². The molecule has 3 heteroatoms. The van der Waals surface area contributed by atoms with Crippen LogP contribution in [0.3, 0.4) is 0 Å². The number of aliphatic hydroxyl groups excluding tert-OH is 1. The quantitative estimate of drug-likeness (QED) is 0.726. The standard InChI is InChI=1S/C10H21NOS/c1-7(2)10(5-12)11-9-4-8(3)13-6-9/h7-12H,4-6H2,1-3H3. The van der Waals surface area contributed by atoms with Gasteiger partial charge in [0.1, 0.15) is 0 Å². The van der Waals surface area contributed by atoms with Gasteiger partial charge in [-0.05, 0) is 12.3 Å². The van der Waals surface area contributed by atoms with Gasteiger partial charge in [-0.2, -0.15) is 11.8 Å². The van der Waals surface area contributed by atoms with E-state index in [0.29, 0.717) is 12.0 Å². The summed E-state index contributed by atoms with van der Waals surface area (Å²) in [5.74, 6) is 1.72. The summed E-state index contributed by atoms with van der Waals surface area (Å²) in [7, 11) is 0. The summed E-state index contributed by atoms with van der Waals surface area (Å²) >= 11 is 2.03. The third kappa shape index (κ3) is 3.49. The lowest BCUT2D eigenvalue weighted by Gasteiger charge is -2.23. The molecule has 1 rings (SSSR count). The topological polar surface area (TPSA) is 32.3 Å². The first-order valence-electron chi connectivity index (χ1n) is 5.12. The van der Waals surface area contributed by atoms with Gasteiger partial charge in [0.25, 0.3) is 0 Å². The third-order valence-corrected chi connectivity index (χ3v) is 4.01. The van der Waals surface area contributed by atoms with Crippen molar-refractivity contribution in [1.82, 2.24) is 5.32 Å². The van der Waals surface area contributed by atoms with Crippen molar-refractivity contribution in [3.05, 3.63) is 0 Å². The Labute approximate surface area is 85.5 Å². The molecule has 3 unspecified atom stereocenters. The predicted molar refractivity (Wildman–Crippen MR) is 59.2 cm³/mol. The zero-order valence-electron chi connectivity index (χ0n) is 8.79. The van der Waals surface area contributed by atoms with Crippen LogP contribution in [0.1, 0.15) is 27.2 Å². The molecule has 0 amide bonds. The van der Waals surface area contributed by atoms with Gasteiger partial charge in [-0.25, -0.2) is 0 Å². The second-order valence-electron chi connectivity index (χ2n) is 4.28. The monoisotopic (exact) mass is 203 g/mol. The van der Waals surface area contributed by atoms with Gasteiger partial charge in [0.2, 0.25) is 0 Å². The molecular formula is C10H21NOS. The van der Waals surface area contributed by atoms with E-state index in [9.17, 15) is 0 Å². The zero-order chi connectivity index (χ0) is 9.84. The molecule has 1 saturated heterocycles. The molecule has 1 aliphatic rings. The van der Waals surface area contributed by atoms with Crippen molar-refractivity contribution in [2.75, 3.05) is 12.4 Å². The van der Waals surface area contributed by atoms with Crippen molar-refractivity contribution < 1.29 is 5.11 Å². The fraction of sp³-hybridized carbons (Fsp3) is 1.00. The van der Waals surface area contributed by atoms with Gasteiger partial charge in [-0.15, -0.1) is 0 Å². The first kappa shape index (κ1) is 11.3. The van der Waals surface area contributed by atoms with E-state index in [1.54, 1.807) is 0 Å². The Kier molecular flexibility index (Phi) is 4.56. The Hall–Kier alpha value is 0.270. The van der Waals surface area contributed by atoms with Gasteiger partial charge in [-0.3, -0.25) is 0 Å². The highest BCUT2D eigenvalue weighted by molar-refractivity contribution is 8.00. The van der Waals surface area contributed by atoms with Crippen LogP contribution < -0.4 is 5.32 Å². The second-order valence-corrected chi connectivity index (χ2v) is 5.75. The summed E-state index contributed by atoms with van der Waals surface area (Å²) in [5, 5.41) is 13.5. The van der Waals surface area contributed by atoms with Crippen LogP contribution in [0.5, 0.6) is 0 Å². The fourth-order valence-electron chi connectivity index (χ4n) is 1.69. The Morgan fingerprint density at radius 1 is 1.54 bits per heavy atom. The average molecular weight is 203 g/mol. The molecular weight excluding hydrogens is 182 g/mol. The van der Waals surface area contributed by atoms with E-state index in [1.165, 1.54) is 12.2 Å².